The van der Waals surface area contributed by atoms with E-state index in [4.69, 9.17) is 10.5 Å². The molecule has 1 aromatic carbocycles. The quantitative estimate of drug-likeness (QED) is 0.853. The first-order chi connectivity index (χ1) is 11.3. The Bertz CT molecular complexity index is 728. The molecule has 0 spiro atoms. The number of rotatable bonds is 6. The summed E-state index contributed by atoms with van der Waals surface area (Å²) in [5, 5.41) is 4.42. The van der Waals surface area contributed by atoms with Crippen molar-refractivity contribution in [2.75, 3.05) is 27.2 Å². The summed E-state index contributed by atoms with van der Waals surface area (Å²) in [5.74, 6) is 0.585. The molecule has 2 N–H and O–H groups in total. The van der Waals surface area contributed by atoms with Crippen LogP contribution in [0.3, 0.4) is 0 Å². The van der Waals surface area contributed by atoms with Gasteiger partial charge in [0.1, 0.15) is 11.4 Å². The largest absolute Gasteiger partial charge is 0.494 e. The lowest BCUT2D eigenvalue weighted by Gasteiger charge is -2.28. The first kappa shape index (κ1) is 21.0. The smallest absolute Gasteiger partial charge is 0.274 e. The van der Waals surface area contributed by atoms with E-state index in [9.17, 15) is 4.79 Å². The van der Waals surface area contributed by atoms with E-state index in [0.29, 0.717) is 24.5 Å². The third-order valence-electron chi connectivity index (χ3n) is 3.95. The molecule has 0 atom stereocenters. The van der Waals surface area contributed by atoms with Crippen LogP contribution in [0.25, 0.3) is 5.69 Å². The number of hydrogen-bond acceptors (Lipinski definition) is 4. The fourth-order valence-electron chi connectivity index (χ4n) is 2.53. The van der Waals surface area contributed by atoms with Crippen molar-refractivity contribution in [1.29, 1.82) is 0 Å². The molecule has 0 saturated heterocycles. The first-order valence-electron chi connectivity index (χ1n) is 7.93. The van der Waals surface area contributed by atoms with Crippen molar-refractivity contribution < 1.29 is 9.53 Å². The number of benzene rings is 1. The molecule has 0 fully saturated rings. The van der Waals surface area contributed by atoms with Gasteiger partial charge in [-0.3, -0.25) is 4.79 Å². The van der Waals surface area contributed by atoms with Crippen molar-refractivity contribution in [2.45, 2.75) is 20.8 Å². The molecule has 2 aromatic rings. The van der Waals surface area contributed by atoms with Crippen LogP contribution in [-0.4, -0.2) is 47.8 Å². The van der Waals surface area contributed by atoms with Gasteiger partial charge >= 0.3 is 0 Å². The molecule has 1 amide bonds. The van der Waals surface area contributed by atoms with E-state index >= 15 is 0 Å². The fraction of sp³-hybridized carbons (Fsp3) is 0.444. The van der Waals surface area contributed by atoms with Crippen molar-refractivity contribution in [3.63, 3.8) is 0 Å². The number of hydrogen-bond donors (Lipinski definition) is 1. The van der Waals surface area contributed by atoms with Crippen molar-refractivity contribution >= 4 is 18.3 Å². The highest BCUT2D eigenvalue weighted by Crippen LogP contribution is 2.24. The topological polar surface area (TPSA) is 73.4 Å². The highest BCUT2D eigenvalue weighted by molar-refractivity contribution is 5.92. The Labute approximate surface area is 155 Å². The zero-order valence-corrected chi connectivity index (χ0v) is 16.3. The Morgan fingerprint density at radius 3 is 2.64 bits per heavy atom. The van der Waals surface area contributed by atoms with Gasteiger partial charge in [0.2, 0.25) is 0 Å². The monoisotopic (exact) mass is 366 g/mol. The van der Waals surface area contributed by atoms with Gasteiger partial charge < -0.3 is 15.4 Å². The van der Waals surface area contributed by atoms with Crippen LogP contribution in [0, 0.1) is 12.3 Å². The van der Waals surface area contributed by atoms with Gasteiger partial charge in [-0.25, -0.2) is 4.68 Å². The molecule has 7 heteroatoms. The van der Waals surface area contributed by atoms with Gasteiger partial charge in [0, 0.05) is 19.8 Å². The van der Waals surface area contributed by atoms with Crippen molar-refractivity contribution in [3.05, 3.63) is 41.7 Å². The molecule has 138 valence electrons. The lowest BCUT2D eigenvalue weighted by molar-refractivity contribution is 0.0734. The summed E-state index contributed by atoms with van der Waals surface area (Å²) in [4.78, 5) is 14.2. The molecule has 25 heavy (non-hydrogen) atoms. The van der Waals surface area contributed by atoms with E-state index in [1.165, 1.54) is 0 Å². The normalized spacial score (nSPS) is 11.0. The van der Waals surface area contributed by atoms with Crippen LogP contribution in [-0.2, 0) is 0 Å². The van der Waals surface area contributed by atoms with Gasteiger partial charge in [-0.05, 0) is 42.6 Å². The van der Waals surface area contributed by atoms with Crippen LogP contribution >= 0.6 is 12.4 Å². The number of ether oxygens (including phenoxy) is 1. The van der Waals surface area contributed by atoms with E-state index in [1.807, 2.05) is 39.0 Å². The molecule has 0 saturated carbocycles. The predicted molar refractivity (Wildman–Crippen MR) is 102 cm³/mol. The summed E-state index contributed by atoms with van der Waals surface area (Å²) in [5.41, 5.74) is 7.91. The number of amides is 1. The van der Waals surface area contributed by atoms with Crippen LogP contribution in [0.5, 0.6) is 5.75 Å². The highest BCUT2D eigenvalue weighted by atomic mass is 35.5. The van der Waals surface area contributed by atoms with Crippen molar-refractivity contribution in [1.82, 2.24) is 14.7 Å². The van der Waals surface area contributed by atoms with Gasteiger partial charge in [0.15, 0.2) is 5.69 Å². The maximum absolute atomic E-state index is 12.6. The van der Waals surface area contributed by atoms with E-state index in [-0.39, 0.29) is 23.7 Å². The van der Waals surface area contributed by atoms with Crippen LogP contribution in [0.2, 0.25) is 0 Å². The average Bonchev–Trinajstić information content (AvgIpc) is 3.03. The van der Waals surface area contributed by atoms with E-state index in [2.05, 4.69) is 5.10 Å². The minimum absolute atomic E-state index is 0. The average molecular weight is 367 g/mol. The molecule has 0 aliphatic carbocycles. The lowest BCUT2D eigenvalue weighted by atomic mass is 9.93. The molecule has 6 nitrogen and oxygen atoms in total. The molecular weight excluding hydrogens is 340 g/mol. The molecule has 0 radical (unpaired) electrons. The molecule has 0 bridgehead atoms. The Balaban J connectivity index is 0.00000312. The number of nitrogens with two attached hydrogens (primary N) is 1. The second-order valence-electron chi connectivity index (χ2n) is 6.85. The highest BCUT2D eigenvalue weighted by Gasteiger charge is 2.23. The van der Waals surface area contributed by atoms with Gasteiger partial charge in [-0.2, -0.15) is 5.10 Å². The number of nitrogens with zero attached hydrogens (tertiary/aromatic N) is 3. The van der Waals surface area contributed by atoms with Crippen LogP contribution in [0.1, 0.15) is 29.9 Å². The van der Waals surface area contributed by atoms with Crippen LogP contribution in [0.4, 0.5) is 0 Å². The second kappa shape index (κ2) is 8.36. The predicted octanol–water partition coefficient (Wildman–Crippen LogP) is 2.67. The minimum Gasteiger partial charge on any atom is -0.494 e. The second-order valence-corrected chi connectivity index (χ2v) is 6.85. The fourth-order valence-corrected chi connectivity index (χ4v) is 2.53. The summed E-state index contributed by atoms with van der Waals surface area (Å²) in [6.07, 6.45) is 1.77. The number of methoxy groups -OCH3 is 1. The summed E-state index contributed by atoms with van der Waals surface area (Å²) in [7, 11) is 3.39. The SMILES string of the molecule is COc1ccc(C)cc1-n1ccc(C(=O)N(C)CC(C)(C)CN)n1.Cl. The third-order valence-corrected chi connectivity index (χ3v) is 3.95. The number of carbonyl (C=O) groups is 1. The first-order valence-corrected chi connectivity index (χ1v) is 7.93. The number of aromatic nitrogens is 2. The molecule has 0 aliphatic heterocycles. The van der Waals surface area contributed by atoms with E-state index in [1.54, 1.807) is 36.0 Å². The van der Waals surface area contributed by atoms with E-state index < -0.39 is 0 Å². The van der Waals surface area contributed by atoms with Gasteiger partial charge in [0.25, 0.3) is 5.91 Å². The Kier molecular flexibility index (Phi) is 7.02. The summed E-state index contributed by atoms with van der Waals surface area (Å²) in [6, 6.07) is 7.56. The third kappa shape index (κ3) is 4.96. The standard InChI is InChI=1S/C18H26N4O2.ClH/c1-13-6-7-16(24-5)15(10-13)22-9-8-14(20-22)17(23)21(4)12-18(2,3)11-19;/h6-10H,11-12,19H2,1-5H3;1H. The Morgan fingerprint density at radius 1 is 1.36 bits per heavy atom. The molecule has 0 aliphatic rings. The minimum atomic E-state index is -0.132. The lowest BCUT2D eigenvalue weighted by Crippen LogP contribution is -2.39. The maximum Gasteiger partial charge on any atom is 0.274 e. The molecule has 1 heterocycles. The van der Waals surface area contributed by atoms with Gasteiger partial charge in [-0.15, -0.1) is 12.4 Å². The van der Waals surface area contributed by atoms with Crippen LogP contribution < -0.4 is 10.5 Å². The molecule has 1 aromatic heterocycles. The zero-order chi connectivity index (χ0) is 17.9. The van der Waals surface area contributed by atoms with Crippen molar-refractivity contribution in [2.24, 2.45) is 11.1 Å². The van der Waals surface area contributed by atoms with Crippen LogP contribution in [0.15, 0.2) is 30.5 Å². The number of halogens is 1. The zero-order valence-electron chi connectivity index (χ0n) is 15.4. The molecule has 0 unspecified atom stereocenters. The Hall–Kier alpha value is -2.05. The summed E-state index contributed by atoms with van der Waals surface area (Å²) < 4.78 is 7.05. The number of carbonyl (C=O) groups excluding carboxylic acids is 1. The summed E-state index contributed by atoms with van der Waals surface area (Å²) >= 11 is 0. The van der Waals surface area contributed by atoms with Gasteiger partial charge in [-0.1, -0.05) is 19.9 Å². The molecular formula is C18H27ClN4O2. The van der Waals surface area contributed by atoms with Crippen molar-refractivity contribution in [3.8, 4) is 11.4 Å². The van der Waals surface area contributed by atoms with Gasteiger partial charge in [0.05, 0.1) is 7.11 Å². The van der Waals surface area contributed by atoms with E-state index in [0.717, 1.165) is 11.3 Å². The summed E-state index contributed by atoms with van der Waals surface area (Å²) in [6.45, 7) is 7.16. The maximum atomic E-state index is 12.6. The number of aryl methyl sites for hydroxylation is 1. The molecule has 2 rings (SSSR count). The Morgan fingerprint density at radius 2 is 2.04 bits per heavy atom.